The zero-order valence-corrected chi connectivity index (χ0v) is 11.9. The second kappa shape index (κ2) is 6.17. The first kappa shape index (κ1) is 14.7. The van der Waals surface area contributed by atoms with E-state index >= 15 is 0 Å². The molecule has 21 heavy (non-hydrogen) atoms. The summed E-state index contributed by atoms with van der Waals surface area (Å²) in [6, 6.07) is 4.24. The Labute approximate surface area is 121 Å². The van der Waals surface area contributed by atoms with Crippen LogP contribution in [0.25, 0.3) is 0 Å². The number of amides is 1. The van der Waals surface area contributed by atoms with Gasteiger partial charge in [0.2, 0.25) is 11.8 Å². The maximum Gasteiger partial charge on any atom is 0.257 e. The molecule has 2 heterocycles. The monoisotopic (exact) mass is 290 g/mol. The largest absolute Gasteiger partial charge is 0.479 e. The van der Waals surface area contributed by atoms with Crippen molar-refractivity contribution in [3.8, 4) is 5.88 Å². The van der Waals surface area contributed by atoms with Gasteiger partial charge in [-0.3, -0.25) is 4.79 Å². The second-order valence-corrected chi connectivity index (χ2v) is 4.43. The van der Waals surface area contributed by atoms with E-state index in [2.05, 4.69) is 15.3 Å². The lowest BCUT2D eigenvalue weighted by atomic mass is 10.2. The van der Waals surface area contributed by atoms with Crippen LogP contribution >= 0.6 is 0 Å². The Balaban J connectivity index is 2.34. The molecule has 0 bridgehead atoms. The number of anilines is 2. The van der Waals surface area contributed by atoms with Gasteiger partial charge in [-0.15, -0.1) is 0 Å². The highest BCUT2D eigenvalue weighted by Crippen LogP contribution is 2.32. The third-order valence-electron chi connectivity index (χ3n) is 2.80. The maximum absolute atomic E-state index is 12.8. The van der Waals surface area contributed by atoms with Gasteiger partial charge in [0.05, 0.1) is 18.4 Å². The molecule has 0 unspecified atom stereocenters. The summed E-state index contributed by atoms with van der Waals surface area (Å²) < 4.78 is 18.0. The van der Waals surface area contributed by atoms with Gasteiger partial charge in [0, 0.05) is 26.5 Å². The molecule has 0 aliphatic carbocycles. The van der Waals surface area contributed by atoms with E-state index in [1.807, 2.05) is 19.0 Å². The molecular weight excluding hydrogens is 275 g/mol. The SMILES string of the molecule is COc1nccc(N(C)C)c1NC(=O)c1ccc(F)nc1. The van der Waals surface area contributed by atoms with Crippen molar-refractivity contribution >= 4 is 17.3 Å². The average molecular weight is 290 g/mol. The van der Waals surface area contributed by atoms with Crippen molar-refractivity contribution < 1.29 is 13.9 Å². The Morgan fingerprint density at radius 3 is 2.62 bits per heavy atom. The summed E-state index contributed by atoms with van der Waals surface area (Å²) in [5.74, 6) is -0.763. The smallest absolute Gasteiger partial charge is 0.257 e. The predicted molar refractivity (Wildman–Crippen MR) is 77.3 cm³/mol. The Hall–Kier alpha value is -2.70. The quantitative estimate of drug-likeness (QED) is 0.872. The van der Waals surface area contributed by atoms with Crippen LogP contribution in [0, 0.1) is 5.95 Å². The summed E-state index contributed by atoms with van der Waals surface area (Å²) in [6.45, 7) is 0. The highest BCUT2D eigenvalue weighted by molar-refractivity contribution is 6.06. The molecule has 0 radical (unpaired) electrons. The molecule has 1 amide bonds. The molecule has 110 valence electrons. The molecule has 0 aliphatic rings. The minimum absolute atomic E-state index is 0.243. The van der Waals surface area contributed by atoms with Crippen LogP contribution in [0.15, 0.2) is 30.6 Å². The first-order valence-electron chi connectivity index (χ1n) is 6.16. The number of hydrogen-bond donors (Lipinski definition) is 1. The fraction of sp³-hybridized carbons (Fsp3) is 0.214. The van der Waals surface area contributed by atoms with Gasteiger partial charge in [0.1, 0.15) is 5.69 Å². The lowest BCUT2D eigenvalue weighted by Crippen LogP contribution is -2.18. The number of nitrogens with one attached hydrogen (secondary N) is 1. The van der Waals surface area contributed by atoms with Crippen LogP contribution < -0.4 is 15.0 Å². The van der Waals surface area contributed by atoms with E-state index in [0.717, 1.165) is 11.8 Å². The number of rotatable bonds is 4. The van der Waals surface area contributed by atoms with Gasteiger partial charge in [0.25, 0.3) is 5.91 Å². The number of methoxy groups -OCH3 is 1. The standard InChI is InChI=1S/C14H15FN4O2/c1-19(2)10-6-7-16-14(21-3)12(10)18-13(20)9-4-5-11(15)17-8-9/h4-8H,1-3H3,(H,18,20). The van der Waals surface area contributed by atoms with Gasteiger partial charge in [-0.2, -0.15) is 4.39 Å². The van der Waals surface area contributed by atoms with Gasteiger partial charge in [-0.25, -0.2) is 9.97 Å². The molecule has 7 heteroatoms. The van der Waals surface area contributed by atoms with Gasteiger partial charge < -0.3 is 15.0 Å². The summed E-state index contributed by atoms with van der Waals surface area (Å²) in [4.78, 5) is 21.5. The molecule has 1 N–H and O–H groups in total. The van der Waals surface area contributed by atoms with E-state index in [0.29, 0.717) is 11.6 Å². The summed E-state index contributed by atoms with van der Waals surface area (Å²) in [7, 11) is 5.14. The van der Waals surface area contributed by atoms with E-state index in [1.54, 1.807) is 12.3 Å². The normalized spacial score (nSPS) is 10.1. The van der Waals surface area contributed by atoms with Crippen LogP contribution in [0.1, 0.15) is 10.4 Å². The van der Waals surface area contributed by atoms with Crippen molar-refractivity contribution in [1.29, 1.82) is 0 Å². The van der Waals surface area contributed by atoms with Gasteiger partial charge >= 0.3 is 0 Å². The van der Waals surface area contributed by atoms with Crippen LogP contribution in [0.3, 0.4) is 0 Å². The van der Waals surface area contributed by atoms with Crippen LogP contribution in [-0.4, -0.2) is 37.1 Å². The number of carbonyl (C=O) groups is 1. The summed E-state index contributed by atoms with van der Waals surface area (Å²) >= 11 is 0. The number of carbonyl (C=O) groups excluding carboxylic acids is 1. The zero-order valence-electron chi connectivity index (χ0n) is 11.9. The predicted octanol–water partition coefficient (Wildman–Crippen LogP) is 1.94. The maximum atomic E-state index is 12.8. The third-order valence-corrected chi connectivity index (χ3v) is 2.80. The van der Waals surface area contributed by atoms with E-state index < -0.39 is 11.9 Å². The summed E-state index contributed by atoms with van der Waals surface area (Å²) in [5, 5.41) is 2.72. The molecule has 0 aromatic carbocycles. The molecule has 0 fully saturated rings. The summed E-state index contributed by atoms with van der Waals surface area (Å²) in [6.07, 6.45) is 2.76. The van der Waals surface area contributed by atoms with Crippen molar-refractivity contribution in [2.75, 3.05) is 31.4 Å². The second-order valence-electron chi connectivity index (χ2n) is 4.43. The number of hydrogen-bond acceptors (Lipinski definition) is 5. The van der Waals surface area contributed by atoms with Crippen molar-refractivity contribution in [3.63, 3.8) is 0 Å². The molecule has 0 atom stereocenters. The third kappa shape index (κ3) is 3.25. The van der Waals surface area contributed by atoms with Crippen molar-refractivity contribution in [3.05, 3.63) is 42.1 Å². The number of aromatic nitrogens is 2. The molecule has 0 aliphatic heterocycles. The fourth-order valence-corrected chi connectivity index (χ4v) is 1.77. The number of ether oxygens (including phenoxy) is 1. The van der Waals surface area contributed by atoms with Gasteiger partial charge in [0.15, 0.2) is 0 Å². The molecule has 0 saturated heterocycles. The van der Waals surface area contributed by atoms with E-state index in [9.17, 15) is 9.18 Å². The van der Waals surface area contributed by atoms with Crippen molar-refractivity contribution in [2.24, 2.45) is 0 Å². The minimum Gasteiger partial charge on any atom is -0.479 e. The van der Waals surface area contributed by atoms with Gasteiger partial charge in [-0.05, 0) is 18.2 Å². The van der Waals surface area contributed by atoms with E-state index in [1.165, 1.54) is 19.4 Å². The molecule has 0 spiro atoms. The lowest BCUT2D eigenvalue weighted by molar-refractivity contribution is 0.102. The van der Waals surface area contributed by atoms with E-state index in [-0.39, 0.29) is 5.56 Å². The minimum atomic E-state index is -0.639. The van der Waals surface area contributed by atoms with Gasteiger partial charge in [-0.1, -0.05) is 0 Å². The number of nitrogens with zero attached hydrogens (tertiary/aromatic N) is 3. The first-order valence-corrected chi connectivity index (χ1v) is 6.16. The Morgan fingerprint density at radius 1 is 1.29 bits per heavy atom. The van der Waals surface area contributed by atoms with E-state index in [4.69, 9.17) is 4.74 Å². The molecule has 2 aromatic heterocycles. The van der Waals surface area contributed by atoms with Crippen molar-refractivity contribution in [1.82, 2.24) is 9.97 Å². The molecule has 2 aromatic rings. The van der Waals surface area contributed by atoms with Crippen LogP contribution in [0.5, 0.6) is 5.88 Å². The van der Waals surface area contributed by atoms with Crippen LogP contribution in [0.4, 0.5) is 15.8 Å². The van der Waals surface area contributed by atoms with Crippen LogP contribution in [-0.2, 0) is 0 Å². The number of halogens is 1. The summed E-state index contributed by atoms with van der Waals surface area (Å²) in [5.41, 5.74) is 1.43. The first-order chi connectivity index (χ1) is 10.0. The zero-order chi connectivity index (χ0) is 15.4. The van der Waals surface area contributed by atoms with Crippen LogP contribution in [0.2, 0.25) is 0 Å². The Morgan fingerprint density at radius 2 is 2.05 bits per heavy atom. The van der Waals surface area contributed by atoms with Crippen molar-refractivity contribution in [2.45, 2.75) is 0 Å². The fourth-order valence-electron chi connectivity index (χ4n) is 1.77. The molecule has 2 rings (SSSR count). The highest BCUT2D eigenvalue weighted by Gasteiger charge is 2.16. The Kier molecular flexibility index (Phi) is 4.32. The molecular formula is C14H15FN4O2. The average Bonchev–Trinajstić information content (AvgIpc) is 2.47. The topological polar surface area (TPSA) is 67.3 Å². The molecule has 0 saturated carbocycles. The number of pyridine rings is 2. The Bertz CT molecular complexity index is 644. The molecule has 6 nitrogen and oxygen atoms in total. The lowest BCUT2D eigenvalue weighted by Gasteiger charge is -2.19. The highest BCUT2D eigenvalue weighted by atomic mass is 19.1.